The van der Waals surface area contributed by atoms with E-state index >= 15 is 0 Å². The fourth-order valence-electron chi connectivity index (χ4n) is 3.71. The number of anilines is 1. The highest BCUT2D eigenvalue weighted by Crippen LogP contribution is 2.23. The van der Waals surface area contributed by atoms with Crippen molar-refractivity contribution in [2.75, 3.05) is 38.1 Å². The van der Waals surface area contributed by atoms with Gasteiger partial charge in [0.05, 0.1) is 18.8 Å². The SMILES string of the molecule is Cc1cc(NC(=O)CN2CCCC2CN2CCCC2CO)on1. The largest absolute Gasteiger partial charge is 0.395 e. The summed E-state index contributed by atoms with van der Waals surface area (Å²) in [6.45, 7) is 5.38. The molecule has 1 amide bonds. The molecule has 23 heavy (non-hydrogen) atoms. The number of hydrogen-bond acceptors (Lipinski definition) is 6. The predicted molar refractivity (Wildman–Crippen MR) is 86.1 cm³/mol. The van der Waals surface area contributed by atoms with E-state index in [9.17, 15) is 9.90 Å². The summed E-state index contributed by atoms with van der Waals surface area (Å²) in [5, 5.41) is 16.0. The summed E-state index contributed by atoms with van der Waals surface area (Å²) in [5.74, 6) is 0.344. The van der Waals surface area contributed by atoms with Crippen LogP contribution < -0.4 is 5.32 Å². The first-order valence-electron chi connectivity index (χ1n) is 8.48. The summed E-state index contributed by atoms with van der Waals surface area (Å²) in [6.07, 6.45) is 4.47. The number of nitrogens with zero attached hydrogens (tertiary/aromatic N) is 3. The number of hydrogen-bond donors (Lipinski definition) is 2. The monoisotopic (exact) mass is 322 g/mol. The lowest BCUT2D eigenvalue weighted by molar-refractivity contribution is -0.117. The summed E-state index contributed by atoms with van der Waals surface area (Å²) in [7, 11) is 0. The Morgan fingerprint density at radius 2 is 2.09 bits per heavy atom. The molecule has 2 N–H and O–H groups in total. The summed E-state index contributed by atoms with van der Waals surface area (Å²) in [6, 6.07) is 2.41. The molecule has 2 atom stereocenters. The highest BCUT2D eigenvalue weighted by molar-refractivity contribution is 5.91. The van der Waals surface area contributed by atoms with Crippen LogP contribution in [0.15, 0.2) is 10.6 Å². The van der Waals surface area contributed by atoms with Crippen LogP contribution in [0.1, 0.15) is 31.4 Å². The maximum absolute atomic E-state index is 12.2. The third-order valence-electron chi connectivity index (χ3n) is 4.89. The summed E-state index contributed by atoms with van der Waals surface area (Å²) in [4.78, 5) is 16.8. The molecule has 0 saturated carbocycles. The van der Waals surface area contributed by atoms with Crippen molar-refractivity contribution in [1.29, 1.82) is 0 Å². The van der Waals surface area contributed by atoms with Crippen LogP contribution in [0.2, 0.25) is 0 Å². The fourth-order valence-corrected chi connectivity index (χ4v) is 3.71. The maximum Gasteiger partial charge on any atom is 0.240 e. The topological polar surface area (TPSA) is 81.8 Å². The molecule has 3 rings (SSSR count). The standard InChI is InChI=1S/C16H26N4O3/c1-12-8-16(23-18-12)17-15(22)10-20-7-2-4-13(20)9-19-6-3-5-14(19)11-21/h8,13-14,21H,2-7,9-11H2,1H3,(H,17,22). The molecule has 7 heteroatoms. The van der Waals surface area contributed by atoms with Gasteiger partial charge in [0.15, 0.2) is 0 Å². The number of aryl methyl sites for hydroxylation is 1. The highest BCUT2D eigenvalue weighted by atomic mass is 16.5. The van der Waals surface area contributed by atoms with Gasteiger partial charge in [-0.05, 0) is 45.7 Å². The number of amides is 1. The third-order valence-corrected chi connectivity index (χ3v) is 4.89. The molecular formula is C16H26N4O3. The number of aliphatic hydroxyl groups is 1. The number of aliphatic hydroxyl groups excluding tert-OH is 1. The lowest BCUT2D eigenvalue weighted by atomic mass is 10.2. The second-order valence-corrected chi connectivity index (χ2v) is 6.62. The normalized spacial score (nSPS) is 26.0. The van der Waals surface area contributed by atoms with Crippen LogP contribution in [0.3, 0.4) is 0 Å². The van der Waals surface area contributed by atoms with Crippen LogP contribution in [0, 0.1) is 6.92 Å². The van der Waals surface area contributed by atoms with E-state index in [4.69, 9.17) is 4.52 Å². The van der Waals surface area contributed by atoms with Crippen molar-refractivity contribution in [2.24, 2.45) is 0 Å². The molecule has 0 spiro atoms. The molecule has 2 unspecified atom stereocenters. The lowest BCUT2D eigenvalue weighted by Gasteiger charge is -2.30. The van der Waals surface area contributed by atoms with E-state index in [1.807, 2.05) is 6.92 Å². The molecule has 1 aromatic heterocycles. The Balaban J connectivity index is 1.51. The van der Waals surface area contributed by atoms with Crippen molar-refractivity contribution in [3.8, 4) is 0 Å². The maximum atomic E-state index is 12.2. The smallest absolute Gasteiger partial charge is 0.240 e. The van der Waals surface area contributed by atoms with Crippen molar-refractivity contribution < 1.29 is 14.4 Å². The molecule has 1 aromatic rings. The van der Waals surface area contributed by atoms with Crippen LogP contribution in [0.4, 0.5) is 5.88 Å². The first-order valence-corrected chi connectivity index (χ1v) is 8.48. The Morgan fingerprint density at radius 3 is 2.78 bits per heavy atom. The molecule has 0 aromatic carbocycles. The molecule has 2 saturated heterocycles. The van der Waals surface area contributed by atoms with Crippen molar-refractivity contribution in [3.63, 3.8) is 0 Å². The number of carbonyl (C=O) groups is 1. The van der Waals surface area contributed by atoms with Gasteiger partial charge < -0.3 is 9.63 Å². The van der Waals surface area contributed by atoms with Gasteiger partial charge in [0.1, 0.15) is 0 Å². The van der Waals surface area contributed by atoms with E-state index in [1.54, 1.807) is 6.07 Å². The second kappa shape index (κ2) is 7.42. The van der Waals surface area contributed by atoms with E-state index in [0.717, 1.165) is 51.0 Å². The van der Waals surface area contributed by atoms with Gasteiger partial charge in [-0.25, -0.2) is 0 Å². The number of likely N-dealkylation sites (tertiary alicyclic amines) is 2. The van der Waals surface area contributed by atoms with E-state index < -0.39 is 0 Å². The Kier molecular flexibility index (Phi) is 5.30. The Hall–Kier alpha value is -1.44. The van der Waals surface area contributed by atoms with Gasteiger partial charge in [-0.3, -0.25) is 19.9 Å². The van der Waals surface area contributed by atoms with Gasteiger partial charge in [-0.1, -0.05) is 5.16 Å². The lowest BCUT2D eigenvalue weighted by Crippen LogP contribution is -2.45. The second-order valence-electron chi connectivity index (χ2n) is 6.62. The molecule has 2 aliphatic heterocycles. The fraction of sp³-hybridized carbons (Fsp3) is 0.750. The average Bonchev–Trinajstić information content (AvgIpc) is 3.23. The minimum absolute atomic E-state index is 0.0619. The third kappa shape index (κ3) is 4.10. The highest BCUT2D eigenvalue weighted by Gasteiger charge is 2.32. The zero-order valence-corrected chi connectivity index (χ0v) is 13.7. The average molecular weight is 322 g/mol. The first-order chi connectivity index (χ1) is 11.2. The molecule has 2 fully saturated rings. The van der Waals surface area contributed by atoms with Crippen molar-refractivity contribution in [3.05, 3.63) is 11.8 Å². The number of rotatable bonds is 6. The van der Waals surface area contributed by atoms with Crippen LogP contribution in [-0.2, 0) is 4.79 Å². The van der Waals surface area contributed by atoms with E-state index in [2.05, 4.69) is 20.3 Å². The number of aromatic nitrogens is 1. The summed E-state index contributed by atoms with van der Waals surface area (Å²) in [5.41, 5.74) is 0.753. The minimum atomic E-state index is -0.0619. The van der Waals surface area contributed by atoms with Crippen LogP contribution in [0.5, 0.6) is 0 Å². The van der Waals surface area contributed by atoms with Gasteiger partial charge >= 0.3 is 0 Å². The van der Waals surface area contributed by atoms with E-state index in [0.29, 0.717) is 24.5 Å². The van der Waals surface area contributed by atoms with Crippen molar-refractivity contribution in [2.45, 2.75) is 44.7 Å². The van der Waals surface area contributed by atoms with Crippen LogP contribution >= 0.6 is 0 Å². The molecular weight excluding hydrogens is 296 g/mol. The first kappa shape index (κ1) is 16.4. The molecule has 0 aliphatic carbocycles. The summed E-state index contributed by atoms with van der Waals surface area (Å²) >= 11 is 0. The van der Waals surface area contributed by atoms with Crippen LogP contribution in [-0.4, -0.2) is 70.8 Å². The minimum Gasteiger partial charge on any atom is -0.395 e. The van der Waals surface area contributed by atoms with E-state index in [-0.39, 0.29) is 12.5 Å². The molecule has 128 valence electrons. The zero-order chi connectivity index (χ0) is 16.2. The molecule has 7 nitrogen and oxygen atoms in total. The van der Waals surface area contributed by atoms with Gasteiger partial charge in [-0.15, -0.1) is 0 Å². The van der Waals surface area contributed by atoms with Crippen molar-refractivity contribution >= 4 is 11.8 Å². The van der Waals surface area contributed by atoms with Crippen LogP contribution in [0.25, 0.3) is 0 Å². The Morgan fingerprint density at radius 1 is 1.35 bits per heavy atom. The van der Waals surface area contributed by atoms with Crippen molar-refractivity contribution in [1.82, 2.24) is 15.0 Å². The Labute approximate surface area is 136 Å². The molecule has 2 aliphatic rings. The Bertz CT molecular complexity index is 533. The molecule has 0 bridgehead atoms. The van der Waals surface area contributed by atoms with Gasteiger partial charge in [0, 0.05) is 24.7 Å². The van der Waals surface area contributed by atoms with Gasteiger partial charge in [0.2, 0.25) is 11.8 Å². The van der Waals surface area contributed by atoms with E-state index in [1.165, 1.54) is 0 Å². The molecule has 3 heterocycles. The zero-order valence-electron chi connectivity index (χ0n) is 13.7. The number of carbonyl (C=O) groups excluding carboxylic acids is 1. The predicted octanol–water partition coefficient (Wildman–Crippen LogP) is 0.843. The summed E-state index contributed by atoms with van der Waals surface area (Å²) < 4.78 is 5.03. The molecule has 0 radical (unpaired) electrons. The quantitative estimate of drug-likeness (QED) is 0.808. The number of nitrogens with one attached hydrogen (secondary N) is 1. The van der Waals surface area contributed by atoms with Gasteiger partial charge in [-0.2, -0.15) is 0 Å². The van der Waals surface area contributed by atoms with Gasteiger partial charge in [0.25, 0.3) is 0 Å².